The molecule has 2 aliphatic carbocycles. The van der Waals surface area contributed by atoms with Crippen molar-refractivity contribution in [1.82, 2.24) is 10.8 Å². The molecule has 1 aromatic rings. The highest BCUT2D eigenvalue weighted by atomic mass is 16.5. The first-order valence-electron chi connectivity index (χ1n) is 8.05. The van der Waals surface area contributed by atoms with Crippen molar-refractivity contribution in [3.63, 3.8) is 0 Å². The first-order valence-corrected chi connectivity index (χ1v) is 8.05. The van der Waals surface area contributed by atoms with E-state index in [0.717, 1.165) is 18.4 Å². The van der Waals surface area contributed by atoms with Crippen molar-refractivity contribution < 1.29 is 5.21 Å². The van der Waals surface area contributed by atoms with E-state index in [0.29, 0.717) is 5.70 Å². The van der Waals surface area contributed by atoms with E-state index in [1.54, 1.807) is 0 Å². The minimum Gasteiger partial charge on any atom is -0.291 e. The molecule has 0 amide bonds. The van der Waals surface area contributed by atoms with Crippen LogP contribution in [0, 0.1) is 6.92 Å². The van der Waals surface area contributed by atoms with Crippen molar-refractivity contribution >= 4 is 6.21 Å². The van der Waals surface area contributed by atoms with Crippen LogP contribution in [0.15, 0.2) is 64.3 Å². The molecule has 23 heavy (non-hydrogen) atoms. The Morgan fingerprint density at radius 1 is 1.30 bits per heavy atom. The molecule has 0 aromatic heterocycles. The lowest BCUT2D eigenvalue weighted by atomic mass is 9.98. The first kappa shape index (κ1) is 14.4. The van der Waals surface area contributed by atoms with E-state index in [1.807, 2.05) is 19.2 Å². The fourth-order valence-electron chi connectivity index (χ4n) is 3.47. The lowest BCUT2D eigenvalue weighted by Gasteiger charge is -2.27. The van der Waals surface area contributed by atoms with Crippen LogP contribution in [-0.2, 0) is 5.54 Å². The maximum Gasteiger partial charge on any atom is 0.156 e. The molecule has 1 aliphatic heterocycles. The normalized spacial score (nSPS) is 27.0. The molecule has 3 N–H and O–H groups in total. The number of aryl methyl sites for hydroxylation is 1. The number of hydroxylamine groups is 1. The van der Waals surface area contributed by atoms with E-state index in [4.69, 9.17) is 10.2 Å². The summed E-state index contributed by atoms with van der Waals surface area (Å²) in [4.78, 5) is 4.73. The van der Waals surface area contributed by atoms with Crippen LogP contribution in [0.5, 0.6) is 0 Å². The number of allylic oxidation sites excluding steroid dienone is 2. The molecule has 1 saturated carbocycles. The molecular weight excluding hydrogens is 286 g/mol. The van der Waals surface area contributed by atoms with Gasteiger partial charge in [0.05, 0.1) is 5.70 Å². The summed E-state index contributed by atoms with van der Waals surface area (Å²) in [5.41, 5.74) is 7.37. The molecule has 0 bridgehead atoms. The van der Waals surface area contributed by atoms with E-state index in [9.17, 15) is 0 Å². The highest BCUT2D eigenvalue weighted by Gasteiger charge is 2.55. The minimum atomic E-state index is -0.351. The largest absolute Gasteiger partial charge is 0.291 e. The van der Waals surface area contributed by atoms with Gasteiger partial charge in [0.1, 0.15) is 0 Å². The second kappa shape index (κ2) is 4.91. The van der Waals surface area contributed by atoms with E-state index in [1.165, 1.54) is 16.7 Å². The molecule has 1 fully saturated rings. The van der Waals surface area contributed by atoms with E-state index in [-0.39, 0.29) is 11.2 Å². The Bertz CT molecular complexity index is 784. The molecule has 118 valence electrons. The third-order valence-corrected chi connectivity index (χ3v) is 5.00. The van der Waals surface area contributed by atoms with Gasteiger partial charge in [-0.25, -0.2) is 0 Å². The van der Waals surface area contributed by atoms with E-state index in [2.05, 4.69) is 54.1 Å². The number of nitrogens with zero attached hydrogens (tertiary/aromatic N) is 1. The third-order valence-electron chi connectivity index (χ3n) is 5.00. The van der Waals surface area contributed by atoms with Gasteiger partial charge in [0.15, 0.2) is 5.66 Å². The van der Waals surface area contributed by atoms with Crippen molar-refractivity contribution in [3.05, 3.63) is 70.5 Å². The number of benzene rings is 1. The molecule has 4 heteroatoms. The Morgan fingerprint density at radius 3 is 2.70 bits per heavy atom. The Morgan fingerprint density at radius 2 is 2.09 bits per heavy atom. The number of nitrogens with one attached hydrogen (secondary N) is 2. The van der Waals surface area contributed by atoms with Crippen LogP contribution >= 0.6 is 0 Å². The summed E-state index contributed by atoms with van der Waals surface area (Å²) in [6.07, 6.45) is 10.2. The molecule has 1 heterocycles. The van der Waals surface area contributed by atoms with Crippen molar-refractivity contribution in [1.29, 1.82) is 0 Å². The van der Waals surface area contributed by atoms with Gasteiger partial charge in [0, 0.05) is 17.3 Å². The summed E-state index contributed by atoms with van der Waals surface area (Å²) in [5, 5.41) is 12.9. The second-order valence-corrected chi connectivity index (χ2v) is 6.56. The van der Waals surface area contributed by atoms with Crippen LogP contribution in [-0.4, -0.2) is 17.1 Å². The van der Waals surface area contributed by atoms with Crippen molar-refractivity contribution in [2.45, 2.75) is 37.9 Å². The van der Waals surface area contributed by atoms with Crippen LogP contribution in [0.1, 0.15) is 30.9 Å². The maximum atomic E-state index is 9.16. The van der Waals surface area contributed by atoms with Gasteiger partial charge in [-0.2, -0.15) is 0 Å². The first-order chi connectivity index (χ1) is 11.1. The van der Waals surface area contributed by atoms with E-state index >= 15 is 0 Å². The summed E-state index contributed by atoms with van der Waals surface area (Å²) in [5.74, 6) is 0. The summed E-state index contributed by atoms with van der Waals surface area (Å²) < 4.78 is 0. The number of fused-ring (bicyclic) bond motifs is 1. The van der Waals surface area contributed by atoms with Gasteiger partial charge in [-0.15, -0.1) is 0 Å². The standard InChI is InChI=1S/C19H21N3O/c1-3-17(21-23)14-10-15-11-19(15,20-12-14)22-18(8-9-18)16-7-5-4-6-13(16)2/h3-7,10-12,21-23H,8-9H2,1-2H3/t19-/m1/s1. The quantitative estimate of drug-likeness (QED) is 0.733. The van der Waals surface area contributed by atoms with Gasteiger partial charge in [-0.05, 0) is 55.5 Å². The Balaban J connectivity index is 1.56. The number of rotatable bonds is 5. The third kappa shape index (κ3) is 2.26. The average Bonchev–Trinajstić information content (AvgIpc) is 3.46. The van der Waals surface area contributed by atoms with Crippen molar-refractivity contribution in [2.75, 3.05) is 0 Å². The Labute approximate surface area is 136 Å². The molecule has 0 radical (unpaired) electrons. The SMILES string of the molecule is CC=C(NO)C1=CC2=C[C@]2(NC2(c3ccccc3C)CC2)N=C1. The predicted molar refractivity (Wildman–Crippen MR) is 91.3 cm³/mol. The van der Waals surface area contributed by atoms with Gasteiger partial charge in [-0.1, -0.05) is 30.3 Å². The highest BCUT2D eigenvalue weighted by Crippen LogP contribution is 2.52. The lowest BCUT2D eigenvalue weighted by molar-refractivity contribution is 0.204. The van der Waals surface area contributed by atoms with Crippen molar-refractivity contribution in [3.8, 4) is 0 Å². The van der Waals surface area contributed by atoms with Crippen LogP contribution < -0.4 is 10.8 Å². The number of dihydropyridines is 1. The van der Waals surface area contributed by atoms with Crippen LogP contribution in [0.3, 0.4) is 0 Å². The zero-order valence-electron chi connectivity index (χ0n) is 13.4. The minimum absolute atomic E-state index is 0.0466. The summed E-state index contributed by atoms with van der Waals surface area (Å²) in [6.45, 7) is 4.05. The molecular formula is C19H21N3O. The zero-order chi connectivity index (χ0) is 16.1. The average molecular weight is 307 g/mol. The van der Waals surface area contributed by atoms with Gasteiger partial charge >= 0.3 is 0 Å². The molecule has 1 atom stereocenters. The topological polar surface area (TPSA) is 56.6 Å². The van der Waals surface area contributed by atoms with Crippen LogP contribution in [0.25, 0.3) is 0 Å². The monoisotopic (exact) mass is 307 g/mol. The summed E-state index contributed by atoms with van der Waals surface area (Å²) in [7, 11) is 0. The fourth-order valence-corrected chi connectivity index (χ4v) is 3.47. The van der Waals surface area contributed by atoms with Crippen molar-refractivity contribution in [2.24, 2.45) is 4.99 Å². The molecule has 4 nitrogen and oxygen atoms in total. The van der Waals surface area contributed by atoms with Gasteiger partial charge in [-0.3, -0.25) is 21.0 Å². The van der Waals surface area contributed by atoms with E-state index < -0.39 is 0 Å². The Kier molecular flexibility index (Phi) is 3.08. The number of hydrogen-bond donors (Lipinski definition) is 3. The van der Waals surface area contributed by atoms with Gasteiger partial charge in [0.25, 0.3) is 0 Å². The summed E-state index contributed by atoms with van der Waals surface area (Å²) in [6, 6.07) is 8.58. The van der Waals surface area contributed by atoms with Gasteiger partial charge < -0.3 is 0 Å². The number of aliphatic imine (C=N–C) groups is 1. The lowest BCUT2D eigenvalue weighted by Crippen LogP contribution is -2.42. The van der Waals surface area contributed by atoms with Gasteiger partial charge in [0.2, 0.25) is 0 Å². The molecule has 0 spiro atoms. The second-order valence-electron chi connectivity index (χ2n) is 6.56. The summed E-state index contributed by atoms with van der Waals surface area (Å²) >= 11 is 0. The Hall–Kier alpha value is -2.17. The maximum absolute atomic E-state index is 9.16. The predicted octanol–water partition coefficient (Wildman–Crippen LogP) is 3.10. The van der Waals surface area contributed by atoms with Crippen LogP contribution in [0.4, 0.5) is 0 Å². The fraction of sp³-hybridized carbons (Fsp3) is 0.316. The molecule has 0 saturated heterocycles. The van der Waals surface area contributed by atoms with Crippen LogP contribution in [0.2, 0.25) is 0 Å². The molecule has 1 aromatic carbocycles. The molecule has 4 rings (SSSR count). The highest BCUT2D eigenvalue weighted by molar-refractivity contribution is 5.90. The number of hydrogen-bond acceptors (Lipinski definition) is 4. The molecule has 3 aliphatic rings. The zero-order valence-corrected chi connectivity index (χ0v) is 13.4. The smallest absolute Gasteiger partial charge is 0.156 e. The molecule has 0 unspecified atom stereocenters.